The molecule has 1 aliphatic heterocycles. The van der Waals surface area contributed by atoms with Crippen LogP contribution in [0.1, 0.15) is 36.1 Å². The molecule has 2 aromatic heterocycles. The number of aliphatic carboxylic acids is 1. The van der Waals surface area contributed by atoms with Crippen LogP contribution in [0.4, 0.5) is 4.79 Å². The van der Waals surface area contributed by atoms with Gasteiger partial charge in [0.05, 0.1) is 12.1 Å². The molecule has 0 aliphatic carbocycles. The number of nitrogens with zero attached hydrogens (tertiary/aromatic N) is 6. The molecule has 0 bridgehead atoms. The maximum Gasteiger partial charge on any atom is 0.409 e. The van der Waals surface area contributed by atoms with Crippen LogP contribution in [0.2, 0.25) is 0 Å². The summed E-state index contributed by atoms with van der Waals surface area (Å²) in [4.78, 5) is 57.2. The van der Waals surface area contributed by atoms with Crippen molar-refractivity contribution in [3.05, 3.63) is 41.9 Å². The zero-order valence-corrected chi connectivity index (χ0v) is 21.2. The van der Waals surface area contributed by atoms with Gasteiger partial charge in [0, 0.05) is 44.1 Å². The number of benzene rings is 1. The Balaban J connectivity index is 1.50. The van der Waals surface area contributed by atoms with Gasteiger partial charge in [-0.05, 0) is 35.9 Å². The topological polar surface area (TPSA) is 193 Å². The Hall–Kier alpha value is -4.82. The zero-order valence-electron chi connectivity index (χ0n) is 21.2. The van der Waals surface area contributed by atoms with Crippen LogP contribution in [0.15, 0.2) is 30.3 Å². The van der Waals surface area contributed by atoms with Crippen LogP contribution < -0.4 is 10.1 Å². The number of carboxylic acids is 1. The average Bonchev–Trinajstić information content (AvgIpc) is 3.47. The lowest BCUT2D eigenvalue weighted by Crippen LogP contribution is -2.56. The number of piperazine rings is 1. The van der Waals surface area contributed by atoms with E-state index >= 15 is 0 Å². The van der Waals surface area contributed by atoms with E-state index < -0.39 is 29.9 Å². The summed E-state index contributed by atoms with van der Waals surface area (Å²) in [5.41, 5.74) is 0.471. The first-order valence-electron chi connectivity index (χ1n) is 12.3. The maximum absolute atomic E-state index is 13.3. The van der Waals surface area contributed by atoms with E-state index in [-0.39, 0.29) is 57.9 Å². The monoisotopic (exact) mass is 540 g/mol. The second kappa shape index (κ2) is 12.6. The Morgan fingerprint density at radius 1 is 1.13 bits per heavy atom. The largest absolute Gasteiger partial charge is 0.485 e. The van der Waals surface area contributed by atoms with Gasteiger partial charge < -0.3 is 29.7 Å². The van der Waals surface area contributed by atoms with Gasteiger partial charge in [0.1, 0.15) is 24.1 Å². The molecule has 0 saturated carbocycles. The van der Waals surface area contributed by atoms with Crippen molar-refractivity contribution in [3.63, 3.8) is 0 Å². The Bertz CT molecular complexity index is 1330. The number of ether oxygens (including phenoxy) is 2. The highest BCUT2D eigenvalue weighted by atomic mass is 16.6. The number of aromatic amines is 1. The van der Waals surface area contributed by atoms with Gasteiger partial charge in [-0.15, -0.1) is 5.10 Å². The Kier molecular flexibility index (Phi) is 8.81. The third kappa shape index (κ3) is 6.94. The first kappa shape index (κ1) is 27.2. The fourth-order valence-electron chi connectivity index (χ4n) is 4.07. The molecule has 0 radical (unpaired) electrons. The van der Waals surface area contributed by atoms with Gasteiger partial charge in [0.25, 0.3) is 5.91 Å². The molecule has 4 rings (SSSR count). The lowest BCUT2D eigenvalue weighted by molar-refractivity contribution is -0.138. The van der Waals surface area contributed by atoms with Crippen molar-refractivity contribution in [1.29, 1.82) is 0 Å². The van der Waals surface area contributed by atoms with E-state index in [4.69, 9.17) is 9.47 Å². The molecular weight excluding hydrogens is 512 g/mol. The van der Waals surface area contributed by atoms with Gasteiger partial charge in [0.2, 0.25) is 5.91 Å². The molecule has 1 aromatic carbocycles. The summed E-state index contributed by atoms with van der Waals surface area (Å²) in [6, 6.07) is 7.39. The Labute approximate surface area is 222 Å². The highest BCUT2D eigenvalue weighted by molar-refractivity contribution is 5.99. The second-order valence-corrected chi connectivity index (χ2v) is 8.63. The van der Waals surface area contributed by atoms with Gasteiger partial charge in [0.15, 0.2) is 5.82 Å². The van der Waals surface area contributed by atoms with Crippen molar-refractivity contribution in [2.75, 3.05) is 32.8 Å². The SMILES string of the molecule is CCOC(=O)N1CCN(C(=O)C(CCC(=O)O)NC(=O)c2cc(OCc3nnn[nH]3)c3ccccc3n2)CC1. The van der Waals surface area contributed by atoms with Crippen LogP contribution >= 0.6 is 0 Å². The van der Waals surface area contributed by atoms with Crippen LogP contribution in [0, 0.1) is 0 Å². The molecule has 206 valence electrons. The number of nitrogens with one attached hydrogen (secondary N) is 2. The molecule has 1 unspecified atom stereocenters. The molecule has 3 aromatic rings. The highest BCUT2D eigenvalue weighted by Gasteiger charge is 2.31. The molecular formula is C24H28N8O7. The number of para-hydroxylation sites is 1. The lowest BCUT2D eigenvalue weighted by Gasteiger charge is -2.35. The van der Waals surface area contributed by atoms with E-state index in [1.807, 2.05) is 0 Å². The molecule has 0 spiro atoms. The molecule has 39 heavy (non-hydrogen) atoms. The summed E-state index contributed by atoms with van der Waals surface area (Å²) in [6.45, 7) is 2.93. The van der Waals surface area contributed by atoms with Crippen molar-refractivity contribution in [2.24, 2.45) is 0 Å². The first-order chi connectivity index (χ1) is 18.9. The van der Waals surface area contributed by atoms with Crippen molar-refractivity contribution in [1.82, 2.24) is 40.7 Å². The van der Waals surface area contributed by atoms with E-state index in [0.717, 1.165) is 0 Å². The Morgan fingerprint density at radius 3 is 2.56 bits per heavy atom. The predicted molar refractivity (Wildman–Crippen MR) is 134 cm³/mol. The molecule has 3 N–H and O–H groups in total. The third-order valence-corrected chi connectivity index (χ3v) is 6.03. The smallest absolute Gasteiger partial charge is 0.409 e. The van der Waals surface area contributed by atoms with Crippen LogP contribution in [-0.4, -0.2) is 103 Å². The van der Waals surface area contributed by atoms with Crippen LogP contribution in [0.5, 0.6) is 5.75 Å². The minimum atomic E-state index is -1.11. The number of carbonyl (C=O) groups excluding carboxylic acids is 3. The number of rotatable bonds is 10. The van der Waals surface area contributed by atoms with Gasteiger partial charge in [-0.2, -0.15) is 0 Å². The number of carbonyl (C=O) groups is 4. The van der Waals surface area contributed by atoms with E-state index in [2.05, 4.69) is 30.9 Å². The average molecular weight is 541 g/mol. The fourth-order valence-corrected chi connectivity index (χ4v) is 4.07. The van der Waals surface area contributed by atoms with Crippen LogP contribution in [-0.2, 0) is 20.9 Å². The summed E-state index contributed by atoms with van der Waals surface area (Å²) < 4.78 is 10.8. The number of tetrazole rings is 1. The van der Waals surface area contributed by atoms with E-state index in [1.165, 1.54) is 15.9 Å². The summed E-state index contributed by atoms with van der Waals surface area (Å²) >= 11 is 0. The van der Waals surface area contributed by atoms with E-state index in [9.17, 15) is 24.3 Å². The molecule has 1 atom stereocenters. The maximum atomic E-state index is 13.3. The summed E-state index contributed by atoms with van der Waals surface area (Å²) in [7, 11) is 0. The van der Waals surface area contributed by atoms with E-state index in [1.54, 1.807) is 31.2 Å². The lowest BCUT2D eigenvalue weighted by atomic mass is 10.1. The molecule has 1 fully saturated rings. The fraction of sp³-hybridized carbons (Fsp3) is 0.417. The standard InChI is InChI=1S/C24H28N8O7/c1-2-38-24(37)32-11-9-31(10-12-32)23(36)17(7-8-21(33)34)26-22(35)18-13-19(39-14-20-27-29-30-28-20)15-5-3-4-6-16(15)25-18/h3-6,13,17H,2,7-12,14H2,1H3,(H,26,35)(H,33,34)(H,27,28,29,30). The number of fused-ring (bicyclic) bond motifs is 1. The number of amides is 3. The minimum absolute atomic E-state index is 0.0135. The number of carboxylic acid groups (broad SMARTS) is 1. The summed E-state index contributed by atoms with van der Waals surface area (Å²) in [5, 5.41) is 25.9. The van der Waals surface area contributed by atoms with Crippen molar-refractivity contribution >= 4 is 34.8 Å². The van der Waals surface area contributed by atoms with Crippen LogP contribution in [0.3, 0.4) is 0 Å². The number of hydrogen-bond acceptors (Lipinski definition) is 10. The predicted octanol–water partition coefficient (Wildman–Crippen LogP) is 0.591. The van der Waals surface area contributed by atoms with Gasteiger partial charge in [-0.25, -0.2) is 14.9 Å². The van der Waals surface area contributed by atoms with Crippen molar-refractivity contribution in [2.45, 2.75) is 32.4 Å². The molecule has 1 saturated heterocycles. The third-order valence-electron chi connectivity index (χ3n) is 6.03. The summed E-state index contributed by atoms with van der Waals surface area (Å²) in [6.07, 6.45) is -0.905. The summed E-state index contributed by atoms with van der Waals surface area (Å²) in [5.74, 6) is -1.48. The molecule has 15 heteroatoms. The van der Waals surface area contributed by atoms with Crippen LogP contribution in [0.25, 0.3) is 10.9 Å². The number of pyridine rings is 1. The molecule has 3 heterocycles. The zero-order chi connectivity index (χ0) is 27.8. The molecule has 15 nitrogen and oxygen atoms in total. The van der Waals surface area contributed by atoms with Gasteiger partial charge in [-0.1, -0.05) is 12.1 Å². The first-order valence-corrected chi connectivity index (χ1v) is 12.3. The van der Waals surface area contributed by atoms with Gasteiger partial charge >= 0.3 is 12.1 Å². The Morgan fingerprint density at radius 2 is 1.87 bits per heavy atom. The quantitative estimate of drug-likeness (QED) is 0.326. The highest BCUT2D eigenvalue weighted by Crippen LogP contribution is 2.26. The normalized spacial score (nSPS) is 14.1. The molecule has 1 aliphatic rings. The van der Waals surface area contributed by atoms with Gasteiger partial charge in [-0.3, -0.25) is 14.4 Å². The minimum Gasteiger partial charge on any atom is -0.485 e. The van der Waals surface area contributed by atoms with Crippen molar-refractivity contribution < 1.29 is 33.8 Å². The number of hydrogen-bond donors (Lipinski definition) is 3. The number of H-pyrrole nitrogens is 1. The molecule has 3 amide bonds. The van der Waals surface area contributed by atoms with E-state index in [0.29, 0.717) is 22.5 Å². The second-order valence-electron chi connectivity index (χ2n) is 8.63. The number of aromatic nitrogens is 5. The van der Waals surface area contributed by atoms with Crippen molar-refractivity contribution in [3.8, 4) is 5.75 Å².